The maximum Gasteiger partial charge on any atom is 0.181 e. The molecule has 0 aliphatic rings. The van der Waals surface area contributed by atoms with Gasteiger partial charge in [0.15, 0.2) is 6.39 Å². The van der Waals surface area contributed by atoms with Gasteiger partial charge in [-0.2, -0.15) is 0 Å². The fourth-order valence-electron chi connectivity index (χ4n) is 1.45. The molecule has 0 amide bonds. The summed E-state index contributed by atoms with van der Waals surface area (Å²) >= 11 is 0. The molecule has 0 fully saturated rings. The molecule has 0 spiro atoms. The summed E-state index contributed by atoms with van der Waals surface area (Å²) in [7, 11) is 0. The minimum atomic E-state index is 0.0163. The Hall–Kier alpha value is -1.61. The van der Waals surface area contributed by atoms with Gasteiger partial charge < -0.3 is 9.52 Å². The Balaban J connectivity index is 2.56. The lowest BCUT2D eigenvalue weighted by Crippen LogP contribution is -1.89. The summed E-state index contributed by atoms with van der Waals surface area (Å²) < 4.78 is 5.13. The van der Waals surface area contributed by atoms with Crippen molar-refractivity contribution >= 4 is 0 Å². The molecule has 72 valence electrons. The molecule has 14 heavy (non-hydrogen) atoms. The highest BCUT2D eigenvalue weighted by Gasteiger charge is 2.09. The van der Waals surface area contributed by atoms with Gasteiger partial charge in [0.25, 0.3) is 0 Å². The van der Waals surface area contributed by atoms with E-state index in [0.717, 1.165) is 22.6 Å². The van der Waals surface area contributed by atoms with Gasteiger partial charge in [-0.3, -0.25) is 0 Å². The average Bonchev–Trinajstić information content (AvgIpc) is 2.64. The molecule has 1 heterocycles. The Morgan fingerprint density at radius 3 is 2.79 bits per heavy atom. The number of hydrogen-bond acceptors (Lipinski definition) is 3. The predicted octanol–water partition coefficient (Wildman–Crippen LogP) is 2.14. The van der Waals surface area contributed by atoms with E-state index in [4.69, 9.17) is 9.52 Å². The second kappa shape index (κ2) is 3.64. The highest BCUT2D eigenvalue weighted by Crippen LogP contribution is 2.24. The Kier molecular flexibility index (Phi) is 2.33. The number of aliphatic hydroxyl groups excluding tert-OH is 1. The highest BCUT2D eigenvalue weighted by molar-refractivity contribution is 5.64. The first-order chi connectivity index (χ1) is 6.83. The molecule has 1 aromatic carbocycles. The molecule has 0 saturated heterocycles. The maximum atomic E-state index is 9.15. The molecule has 1 aromatic heterocycles. The van der Waals surface area contributed by atoms with Gasteiger partial charge in [0.05, 0.1) is 6.61 Å². The Labute approximate surface area is 82.0 Å². The van der Waals surface area contributed by atoms with Crippen molar-refractivity contribution in [2.75, 3.05) is 0 Å². The minimum Gasteiger partial charge on any atom is -0.448 e. The smallest absolute Gasteiger partial charge is 0.181 e. The van der Waals surface area contributed by atoms with Crippen LogP contribution in [0.2, 0.25) is 0 Å². The van der Waals surface area contributed by atoms with Crippen LogP contribution < -0.4 is 0 Å². The quantitative estimate of drug-likeness (QED) is 0.787. The van der Waals surface area contributed by atoms with Gasteiger partial charge in [0.2, 0.25) is 0 Å². The van der Waals surface area contributed by atoms with Crippen molar-refractivity contribution < 1.29 is 9.52 Å². The molecule has 0 atom stereocenters. The standard InChI is InChI=1S/C11H11NO2/c1-8-11(12-7-14-8)10-5-3-2-4-9(10)6-13/h2-5,7,13H,6H2,1H3. The summed E-state index contributed by atoms with van der Waals surface area (Å²) in [6, 6.07) is 7.62. The number of aromatic nitrogens is 1. The lowest BCUT2D eigenvalue weighted by Gasteiger charge is -2.03. The van der Waals surface area contributed by atoms with Crippen LogP contribution >= 0.6 is 0 Å². The maximum absolute atomic E-state index is 9.15. The zero-order valence-electron chi connectivity index (χ0n) is 7.90. The summed E-state index contributed by atoms with van der Waals surface area (Å²) in [4.78, 5) is 4.12. The van der Waals surface area contributed by atoms with Gasteiger partial charge >= 0.3 is 0 Å². The molecule has 3 nitrogen and oxygen atoms in total. The number of rotatable bonds is 2. The first-order valence-electron chi connectivity index (χ1n) is 4.42. The van der Waals surface area contributed by atoms with Crippen LogP contribution in [-0.4, -0.2) is 10.1 Å². The van der Waals surface area contributed by atoms with E-state index >= 15 is 0 Å². The largest absolute Gasteiger partial charge is 0.448 e. The fourth-order valence-corrected chi connectivity index (χ4v) is 1.45. The third-order valence-electron chi connectivity index (χ3n) is 2.19. The van der Waals surface area contributed by atoms with E-state index in [2.05, 4.69) is 4.98 Å². The first-order valence-corrected chi connectivity index (χ1v) is 4.42. The minimum absolute atomic E-state index is 0.0163. The molecule has 0 aliphatic heterocycles. The van der Waals surface area contributed by atoms with E-state index in [1.807, 2.05) is 31.2 Å². The monoisotopic (exact) mass is 189 g/mol. The van der Waals surface area contributed by atoms with Crippen LogP contribution in [0.25, 0.3) is 11.3 Å². The number of aryl methyl sites for hydroxylation is 1. The van der Waals surface area contributed by atoms with Gasteiger partial charge in [-0.15, -0.1) is 0 Å². The van der Waals surface area contributed by atoms with Gasteiger partial charge in [0.1, 0.15) is 11.5 Å². The Morgan fingerprint density at radius 1 is 1.36 bits per heavy atom. The Morgan fingerprint density at radius 2 is 2.14 bits per heavy atom. The molecule has 0 saturated carbocycles. The molecule has 0 radical (unpaired) electrons. The number of oxazole rings is 1. The lowest BCUT2D eigenvalue weighted by atomic mass is 10.0. The predicted molar refractivity (Wildman–Crippen MR) is 52.6 cm³/mol. The van der Waals surface area contributed by atoms with Gasteiger partial charge in [-0.1, -0.05) is 24.3 Å². The van der Waals surface area contributed by atoms with Crippen LogP contribution in [0.3, 0.4) is 0 Å². The topological polar surface area (TPSA) is 46.3 Å². The number of hydrogen-bond donors (Lipinski definition) is 1. The SMILES string of the molecule is Cc1ocnc1-c1ccccc1CO. The fraction of sp³-hybridized carbons (Fsp3) is 0.182. The van der Waals surface area contributed by atoms with Crippen LogP contribution in [0.4, 0.5) is 0 Å². The van der Waals surface area contributed by atoms with Crippen molar-refractivity contribution in [1.82, 2.24) is 4.98 Å². The molecule has 0 unspecified atom stereocenters. The number of benzene rings is 1. The van der Waals surface area contributed by atoms with Crippen molar-refractivity contribution in [2.45, 2.75) is 13.5 Å². The molecule has 0 bridgehead atoms. The van der Waals surface area contributed by atoms with E-state index < -0.39 is 0 Å². The van der Waals surface area contributed by atoms with Crippen LogP contribution in [0.5, 0.6) is 0 Å². The van der Waals surface area contributed by atoms with E-state index in [1.165, 1.54) is 6.39 Å². The number of aliphatic hydroxyl groups is 1. The van der Waals surface area contributed by atoms with E-state index in [-0.39, 0.29) is 6.61 Å². The summed E-state index contributed by atoms with van der Waals surface area (Å²) in [5, 5.41) is 9.15. The van der Waals surface area contributed by atoms with Gasteiger partial charge in [-0.25, -0.2) is 4.98 Å². The van der Waals surface area contributed by atoms with E-state index in [9.17, 15) is 0 Å². The second-order valence-corrected chi connectivity index (χ2v) is 3.07. The molecule has 0 aliphatic carbocycles. The van der Waals surface area contributed by atoms with Crippen LogP contribution in [-0.2, 0) is 6.61 Å². The van der Waals surface area contributed by atoms with E-state index in [1.54, 1.807) is 0 Å². The highest BCUT2D eigenvalue weighted by atomic mass is 16.3. The third kappa shape index (κ3) is 1.42. The summed E-state index contributed by atoms with van der Waals surface area (Å²) in [5.74, 6) is 0.769. The average molecular weight is 189 g/mol. The first kappa shape index (κ1) is 8.97. The molecular formula is C11H11NO2. The molecular weight excluding hydrogens is 178 g/mol. The van der Waals surface area contributed by atoms with Crippen molar-refractivity contribution in [3.8, 4) is 11.3 Å². The normalized spacial score (nSPS) is 10.4. The van der Waals surface area contributed by atoms with Crippen molar-refractivity contribution in [3.63, 3.8) is 0 Å². The molecule has 3 heteroatoms. The van der Waals surface area contributed by atoms with Crippen LogP contribution in [0, 0.1) is 6.92 Å². The zero-order valence-corrected chi connectivity index (χ0v) is 7.90. The summed E-state index contributed by atoms with van der Waals surface area (Å²) in [6.07, 6.45) is 1.42. The molecule has 2 aromatic rings. The molecule has 2 rings (SSSR count). The van der Waals surface area contributed by atoms with Crippen LogP contribution in [0.15, 0.2) is 35.1 Å². The van der Waals surface area contributed by atoms with Crippen molar-refractivity contribution in [1.29, 1.82) is 0 Å². The van der Waals surface area contributed by atoms with Crippen molar-refractivity contribution in [2.24, 2.45) is 0 Å². The second-order valence-electron chi connectivity index (χ2n) is 3.07. The number of nitrogens with zero attached hydrogens (tertiary/aromatic N) is 1. The summed E-state index contributed by atoms with van der Waals surface area (Å²) in [5.41, 5.74) is 2.60. The van der Waals surface area contributed by atoms with Crippen molar-refractivity contribution in [3.05, 3.63) is 42.0 Å². The lowest BCUT2D eigenvalue weighted by molar-refractivity contribution is 0.282. The third-order valence-corrected chi connectivity index (χ3v) is 2.19. The van der Waals surface area contributed by atoms with Gasteiger partial charge in [-0.05, 0) is 12.5 Å². The Bertz CT molecular complexity index is 434. The summed E-state index contributed by atoms with van der Waals surface area (Å²) in [6.45, 7) is 1.87. The zero-order chi connectivity index (χ0) is 9.97. The molecule has 1 N–H and O–H groups in total. The van der Waals surface area contributed by atoms with Crippen LogP contribution in [0.1, 0.15) is 11.3 Å². The van der Waals surface area contributed by atoms with Gasteiger partial charge in [0, 0.05) is 5.56 Å². The van der Waals surface area contributed by atoms with E-state index in [0.29, 0.717) is 0 Å².